The van der Waals surface area contributed by atoms with Crippen molar-refractivity contribution in [2.75, 3.05) is 13.7 Å². The van der Waals surface area contributed by atoms with Gasteiger partial charge in [0.2, 0.25) is 0 Å². The Bertz CT molecular complexity index is 405. The van der Waals surface area contributed by atoms with Gasteiger partial charge in [0.25, 0.3) is 0 Å². The average Bonchev–Trinajstić information content (AvgIpc) is 2.72. The van der Waals surface area contributed by atoms with Gasteiger partial charge in [-0.3, -0.25) is 10.1 Å². The molecule has 0 aliphatic heterocycles. The molecule has 0 aromatic heterocycles. The molecule has 0 spiro atoms. The van der Waals surface area contributed by atoms with Crippen LogP contribution in [0.4, 0.5) is 0 Å². The van der Waals surface area contributed by atoms with Crippen LogP contribution in [0.25, 0.3) is 0 Å². The maximum absolute atomic E-state index is 11.0. The molecule has 0 saturated heterocycles. The van der Waals surface area contributed by atoms with Gasteiger partial charge in [-0.25, -0.2) is 0 Å². The normalized spacial score (nSPS) is 19.9. The van der Waals surface area contributed by atoms with Crippen LogP contribution < -0.4 is 5.32 Å². The molecule has 0 fully saturated rings. The summed E-state index contributed by atoms with van der Waals surface area (Å²) in [6.45, 7) is 0.188. The average molecular weight is 235 g/mol. The van der Waals surface area contributed by atoms with E-state index in [-0.39, 0.29) is 12.6 Å². The number of aliphatic carboxylic acids is 1. The molecule has 1 aromatic carbocycles. The van der Waals surface area contributed by atoms with Gasteiger partial charge >= 0.3 is 5.97 Å². The van der Waals surface area contributed by atoms with E-state index in [1.165, 1.54) is 18.2 Å². The zero-order chi connectivity index (χ0) is 12.3. The van der Waals surface area contributed by atoms with Gasteiger partial charge in [0, 0.05) is 13.2 Å². The van der Waals surface area contributed by atoms with Crippen molar-refractivity contribution in [3.63, 3.8) is 0 Å². The number of carboxylic acids is 1. The van der Waals surface area contributed by atoms with Gasteiger partial charge in [0.15, 0.2) is 0 Å². The zero-order valence-electron chi connectivity index (χ0n) is 9.85. The van der Waals surface area contributed by atoms with Crippen molar-refractivity contribution in [3.05, 3.63) is 35.4 Å². The molecule has 0 amide bonds. The summed E-state index contributed by atoms with van der Waals surface area (Å²) in [5, 5.41) is 12.2. The van der Waals surface area contributed by atoms with Crippen molar-refractivity contribution < 1.29 is 14.6 Å². The molecule has 0 radical (unpaired) electrons. The van der Waals surface area contributed by atoms with E-state index < -0.39 is 12.0 Å². The van der Waals surface area contributed by atoms with Crippen molar-refractivity contribution in [3.8, 4) is 0 Å². The van der Waals surface area contributed by atoms with Gasteiger partial charge < -0.3 is 9.84 Å². The quantitative estimate of drug-likeness (QED) is 0.809. The Balaban J connectivity index is 2.07. The van der Waals surface area contributed by atoms with Crippen LogP contribution in [0.2, 0.25) is 0 Å². The summed E-state index contributed by atoms with van der Waals surface area (Å²) in [6, 6.07) is 7.66. The highest BCUT2D eigenvalue weighted by molar-refractivity contribution is 5.73. The number of benzene rings is 1. The minimum absolute atomic E-state index is 0.127. The number of methoxy groups -OCH3 is 1. The molecule has 4 heteroatoms. The van der Waals surface area contributed by atoms with Crippen molar-refractivity contribution in [2.24, 2.45) is 0 Å². The highest BCUT2D eigenvalue weighted by Crippen LogP contribution is 2.30. The van der Waals surface area contributed by atoms with Gasteiger partial charge in [-0.15, -0.1) is 0 Å². The molecule has 0 heterocycles. The Labute approximate surface area is 101 Å². The smallest absolute Gasteiger partial charge is 0.323 e. The Morgan fingerprint density at radius 2 is 2.35 bits per heavy atom. The molecule has 17 heavy (non-hydrogen) atoms. The van der Waals surface area contributed by atoms with Crippen LogP contribution in [0.3, 0.4) is 0 Å². The number of rotatable bonds is 5. The third-order valence-electron chi connectivity index (χ3n) is 3.17. The Morgan fingerprint density at radius 3 is 3.06 bits per heavy atom. The minimum Gasteiger partial charge on any atom is -0.480 e. The second-order valence-electron chi connectivity index (χ2n) is 4.30. The van der Waals surface area contributed by atoms with Crippen molar-refractivity contribution in [1.82, 2.24) is 5.32 Å². The van der Waals surface area contributed by atoms with Gasteiger partial charge in [-0.05, 0) is 24.0 Å². The molecular formula is C13H17NO3. The number of carbonyl (C=O) groups is 1. The molecule has 2 unspecified atom stereocenters. The fraction of sp³-hybridized carbons (Fsp3) is 0.462. The van der Waals surface area contributed by atoms with Gasteiger partial charge in [-0.2, -0.15) is 0 Å². The van der Waals surface area contributed by atoms with Crippen LogP contribution in [-0.4, -0.2) is 30.8 Å². The predicted molar refractivity (Wildman–Crippen MR) is 63.9 cm³/mol. The lowest BCUT2D eigenvalue weighted by atomic mass is 10.1. The lowest BCUT2D eigenvalue weighted by Crippen LogP contribution is -2.41. The first-order valence-electron chi connectivity index (χ1n) is 5.78. The zero-order valence-corrected chi connectivity index (χ0v) is 9.85. The van der Waals surface area contributed by atoms with Crippen LogP contribution in [0.1, 0.15) is 23.6 Å². The molecule has 92 valence electrons. The minimum atomic E-state index is -0.865. The second kappa shape index (κ2) is 5.29. The van der Waals surface area contributed by atoms with Crippen LogP contribution in [0.5, 0.6) is 0 Å². The van der Waals surface area contributed by atoms with Gasteiger partial charge in [0.05, 0.1) is 6.61 Å². The first-order valence-corrected chi connectivity index (χ1v) is 5.78. The molecule has 2 N–H and O–H groups in total. The number of ether oxygens (including phenoxy) is 1. The molecule has 0 bridgehead atoms. The fourth-order valence-corrected chi connectivity index (χ4v) is 2.33. The Morgan fingerprint density at radius 1 is 1.59 bits per heavy atom. The maximum Gasteiger partial charge on any atom is 0.323 e. The van der Waals surface area contributed by atoms with E-state index in [9.17, 15) is 4.79 Å². The van der Waals surface area contributed by atoms with E-state index >= 15 is 0 Å². The largest absolute Gasteiger partial charge is 0.480 e. The lowest BCUT2D eigenvalue weighted by molar-refractivity contribution is -0.141. The molecule has 1 aliphatic rings. The summed E-state index contributed by atoms with van der Waals surface area (Å²) in [4.78, 5) is 11.0. The number of aryl methyl sites for hydroxylation is 1. The molecule has 1 aliphatic carbocycles. The summed E-state index contributed by atoms with van der Waals surface area (Å²) in [6.07, 6.45) is 1.96. The summed E-state index contributed by atoms with van der Waals surface area (Å²) < 4.78 is 4.92. The van der Waals surface area contributed by atoms with E-state index in [2.05, 4.69) is 17.4 Å². The molecule has 0 saturated carbocycles. The lowest BCUT2D eigenvalue weighted by Gasteiger charge is -2.19. The number of hydrogen-bond acceptors (Lipinski definition) is 3. The summed E-state index contributed by atoms with van der Waals surface area (Å²) in [5.74, 6) is -0.865. The van der Waals surface area contributed by atoms with Gasteiger partial charge in [-0.1, -0.05) is 24.3 Å². The van der Waals surface area contributed by atoms with Crippen LogP contribution in [0, 0.1) is 0 Å². The SMILES string of the molecule is COCC(NC1CCc2ccccc21)C(=O)O. The molecule has 1 aromatic rings. The monoisotopic (exact) mass is 235 g/mol. The number of nitrogens with one attached hydrogen (secondary N) is 1. The van der Waals surface area contributed by atoms with Crippen LogP contribution in [-0.2, 0) is 16.0 Å². The van der Waals surface area contributed by atoms with Crippen molar-refractivity contribution >= 4 is 5.97 Å². The molecular weight excluding hydrogens is 218 g/mol. The number of carboxylic acid groups (broad SMARTS) is 1. The molecule has 2 atom stereocenters. The molecule has 2 rings (SSSR count). The third-order valence-corrected chi connectivity index (χ3v) is 3.17. The highest BCUT2D eigenvalue weighted by atomic mass is 16.5. The van der Waals surface area contributed by atoms with E-state index in [0.717, 1.165) is 12.8 Å². The first kappa shape index (κ1) is 12.1. The van der Waals surface area contributed by atoms with E-state index in [1.54, 1.807) is 0 Å². The van der Waals surface area contributed by atoms with Gasteiger partial charge in [0.1, 0.15) is 6.04 Å². The molecule has 4 nitrogen and oxygen atoms in total. The topological polar surface area (TPSA) is 58.6 Å². The van der Waals surface area contributed by atoms with E-state index in [4.69, 9.17) is 9.84 Å². The van der Waals surface area contributed by atoms with Crippen molar-refractivity contribution in [2.45, 2.75) is 24.9 Å². The second-order valence-corrected chi connectivity index (χ2v) is 4.30. The van der Waals surface area contributed by atoms with Crippen molar-refractivity contribution in [1.29, 1.82) is 0 Å². The third kappa shape index (κ3) is 2.65. The Kier molecular flexibility index (Phi) is 3.76. The van der Waals surface area contributed by atoms with E-state index in [1.807, 2.05) is 12.1 Å². The van der Waals surface area contributed by atoms with E-state index in [0.29, 0.717) is 0 Å². The summed E-state index contributed by atoms with van der Waals surface area (Å²) >= 11 is 0. The fourth-order valence-electron chi connectivity index (χ4n) is 2.33. The van der Waals surface area contributed by atoms with Crippen LogP contribution in [0.15, 0.2) is 24.3 Å². The van der Waals surface area contributed by atoms with Crippen LogP contribution >= 0.6 is 0 Å². The standard InChI is InChI=1S/C13H17NO3/c1-17-8-12(13(15)16)14-11-7-6-9-4-2-3-5-10(9)11/h2-5,11-12,14H,6-8H2,1H3,(H,15,16). The highest BCUT2D eigenvalue weighted by Gasteiger charge is 2.27. The summed E-state index contributed by atoms with van der Waals surface area (Å²) in [7, 11) is 1.51. The predicted octanol–water partition coefficient (Wildman–Crippen LogP) is 1.36. The summed E-state index contributed by atoms with van der Waals surface area (Å²) in [5.41, 5.74) is 2.53. The number of hydrogen-bond donors (Lipinski definition) is 2. The number of fused-ring (bicyclic) bond motifs is 1. The first-order chi connectivity index (χ1) is 8.22. The Hall–Kier alpha value is -1.39. The maximum atomic E-state index is 11.0.